The van der Waals surface area contributed by atoms with E-state index in [-0.39, 0.29) is 0 Å². The van der Waals surface area contributed by atoms with Crippen LogP contribution in [0.2, 0.25) is 0 Å². The highest BCUT2D eigenvalue weighted by Crippen LogP contribution is 2.50. The number of unbranched alkanes of at least 4 members (excludes halogenated alkanes) is 4. The van der Waals surface area contributed by atoms with Gasteiger partial charge in [-0.2, -0.15) is 5.26 Å². The first-order valence-corrected chi connectivity index (χ1v) is 9.02. The Morgan fingerprint density at radius 2 is 1.33 bits per heavy atom. The molecule has 126 valence electrons. The van der Waals surface area contributed by atoms with Crippen molar-refractivity contribution in [2.45, 2.75) is 50.9 Å². The van der Waals surface area contributed by atoms with Gasteiger partial charge in [-0.15, -0.1) is 0 Å². The third-order valence-electron chi connectivity index (χ3n) is 4.91. The van der Waals surface area contributed by atoms with E-state index in [4.69, 9.17) is 0 Å². The maximum atomic E-state index is 10.1. The lowest BCUT2D eigenvalue weighted by Gasteiger charge is -2.24. The van der Waals surface area contributed by atoms with Gasteiger partial charge in [-0.05, 0) is 35.7 Å². The van der Waals surface area contributed by atoms with E-state index in [1.807, 2.05) is 0 Å². The number of nitrogens with zero attached hydrogens (tertiary/aromatic N) is 1. The molecule has 0 heterocycles. The lowest BCUT2D eigenvalue weighted by Crippen LogP contribution is -2.22. The predicted octanol–water partition coefficient (Wildman–Crippen LogP) is 5.41. The Bertz CT molecular complexity index is 652. The minimum atomic E-state index is -0.445. The van der Waals surface area contributed by atoms with Gasteiger partial charge in [0.25, 0.3) is 0 Å². The van der Waals surface area contributed by atoms with Gasteiger partial charge in [0.05, 0.1) is 6.07 Å². The second-order valence-electron chi connectivity index (χ2n) is 6.27. The van der Waals surface area contributed by atoms with Crippen LogP contribution in [-0.2, 0) is 5.41 Å². The molecule has 0 radical (unpaired) electrons. The number of rotatable bonds is 6. The fraction of sp³-hybridized carbons (Fsp3) is 0.409. The molecule has 2 aromatic rings. The highest BCUT2D eigenvalue weighted by molar-refractivity contribution is 5.82. The zero-order valence-electron chi connectivity index (χ0n) is 14.9. The molecule has 3 rings (SSSR count). The van der Waals surface area contributed by atoms with Crippen molar-refractivity contribution in [3.05, 3.63) is 59.7 Å². The summed E-state index contributed by atoms with van der Waals surface area (Å²) in [5.74, 6) is 0. The molecule has 0 aliphatic heterocycles. The van der Waals surface area contributed by atoms with Gasteiger partial charge < -0.3 is 5.73 Å². The van der Waals surface area contributed by atoms with Gasteiger partial charge in [0.2, 0.25) is 0 Å². The summed E-state index contributed by atoms with van der Waals surface area (Å²) in [6.07, 6.45) is 7.11. The molecule has 2 heteroatoms. The average molecular weight is 320 g/mol. The quantitative estimate of drug-likeness (QED) is 0.723. The monoisotopic (exact) mass is 320 g/mol. The number of nitrogens with two attached hydrogens (primary N) is 1. The van der Waals surface area contributed by atoms with Crippen LogP contribution >= 0.6 is 0 Å². The Balaban J connectivity index is 0.00000100. The summed E-state index contributed by atoms with van der Waals surface area (Å²) in [4.78, 5) is 0. The lowest BCUT2D eigenvalue weighted by atomic mass is 9.75. The zero-order chi connectivity index (χ0) is 17.4. The van der Waals surface area contributed by atoms with E-state index in [0.717, 1.165) is 12.8 Å². The summed E-state index contributed by atoms with van der Waals surface area (Å²) >= 11 is 0. The second-order valence-corrected chi connectivity index (χ2v) is 6.27. The standard InChI is InChI=1S/C21H23N.CH5N/c1-2-3-4-5-10-15-21(16-22)19-13-8-6-11-17(19)18-12-7-9-14-20(18)21;1-2/h6-9,11-14H,2-5,10,15H2,1H3;2H2,1H3. The fourth-order valence-corrected chi connectivity index (χ4v) is 3.76. The molecule has 2 aromatic carbocycles. The molecule has 0 saturated carbocycles. The molecule has 2 N–H and O–H groups in total. The van der Waals surface area contributed by atoms with Gasteiger partial charge in [0.1, 0.15) is 5.41 Å². The van der Waals surface area contributed by atoms with Crippen LogP contribution in [0.4, 0.5) is 0 Å². The first-order chi connectivity index (χ1) is 11.8. The van der Waals surface area contributed by atoms with Crippen molar-refractivity contribution >= 4 is 0 Å². The summed E-state index contributed by atoms with van der Waals surface area (Å²) < 4.78 is 0. The first-order valence-electron chi connectivity index (χ1n) is 9.02. The van der Waals surface area contributed by atoms with Crippen LogP contribution < -0.4 is 5.73 Å². The van der Waals surface area contributed by atoms with E-state index in [1.165, 1.54) is 55.0 Å². The number of hydrogen-bond acceptors (Lipinski definition) is 2. The first kappa shape index (κ1) is 18.2. The van der Waals surface area contributed by atoms with E-state index in [1.54, 1.807) is 0 Å². The van der Waals surface area contributed by atoms with Crippen LogP contribution in [-0.4, -0.2) is 7.05 Å². The van der Waals surface area contributed by atoms with E-state index in [2.05, 4.69) is 67.3 Å². The van der Waals surface area contributed by atoms with E-state index in [9.17, 15) is 5.26 Å². The highest BCUT2D eigenvalue weighted by Gasteiger charge is 2.42. The molecular formula is C22H28N2. The van der Waals surface area contributed by atoms with Crippen molar-refractivity contribution in [2.75, 3.05) is 7.05 Å². The predicted molar refractivity (Wildman–Crippen MR) is 102 cm³/mol. The molecule has 2 nitrogen and oxygen atoms in total. The molecule has 1 aliphatic rings. The smallest absolute Gasteiger partial charge is 0.108 e. The highest BCUT2D eigenvalue weighted by atomic mass is 14.5. The maximum Gasteiger partial charge on any atom is 0.108 e. The van der Waals surface area contributed by atoms with Gasteiger partial charge >= 0.3 is 0 Å². The molecule has 1 aliphatic carbocycles. The lowest BCUT2D eigenvalue weighted by molar-refractivity contribution is 0.530. The van der Waals surface area contributed by atoms with Crippen LogP contribution in [0, 0.1) is 11.3 Å². The zero-order valence-corrected chi connectivity index (χ0v) is 14.9. The third-order valence-corrected chi connectivity index (χ3v) is 4.91. The summed E-state index contributed by atoms with van der Waals surface area (Å²) in [5, 5.41) is 10.1. The van der Waals surface area contributed by atoms with Gasteiger partial charge in [-0.3, -0.25) is 0 Å². The fourth-order valence-electron chi connectivity index (χ4n) is 3.76. The van der Waals surface area contributed by atoms with Crippen molar-refractivity contribution < 1.29 is 0 Å². The molecule has 0 amide bonds. The molecule has 0 atom stereocenters. The summed E-state index contributed by atoms with van der Waals surface area (Å²) in [5.41, 5.74) is 8.95. The topological polar surface area (TPSA) is 49.8 Å². The number of hydrogen-bond donors (Lipinski definition) is 1. The Hall–Kier alpha value is -2.11. The van der Waals surface area contributed by atoms with Crippen molar-refractivity contribution in [3.63, 3.8) is 0 Å². The van der Waals surface area contributed by atoms with Crippen LogP contribution in [0.25, 0.3) is 11.1 Å². The largest absolute Gasteiger partial charge is 0.333 e. The molecule has 0 saturated heterocycles. The van der Waals surface area contributed by atoms with Crippen molar-refractivity contribution in [3.8, 4) is 17.2 Å². The van der Waals surface area contributed by atoms with Crippen LogP contribution in [0.3, 0.4) is 0 Å². The Morgan fingerprint density at radius 3 is 1.83 bits per heavy atom. The average Bonchev–Trinajstić information content (AvgIpc) is 2.94. The van der Waals surface area contributed by atoms with Crippen LogP contribution in [0.5, 0.6) is 0 Å². The second kappa shape index (κ2) is 8.66. The van der Waals surface area contributed by atoms with Gasteiger partial charge in [0.15, 0.2) is 0 Å². The molecular weight excluding hydrogens is 292 g/mol. The Kier molecular flexibility index (Phi) is 6.58. The molecule has 24 heavy (non-hydrogen) atoms. The molecule has 0 bridgehead atoms. The molecule has 0 unspecified atom stereocenters. The minimum Gasteiger partial charge on any atom is -0.333 e. The maximum absolute atomic E-state index is 10.1. The van der Waals surface area contributed by atoms with Crippen molar-refractivity contribution in [1.29, 1.82) is 5.26 Å². The van der Waals surface area contributed by atoms with Crippen LogP contribution in [0.15, 0.2) is 48.5 Å². The van der Waals surface area contributed by atoms with E-state index in [0.29, 0.717) is 0 Å². The van der Waals surface area contributed by atoms with Crippen molar-refractivity contribution in [1.82, 2.24) is 0 Å². The van der Waals surface area contributed by atoms with Gasteiger partial charge in [-0.1, -0.05) is 87.6 Å². The van der Waals surface area contributed by atoms with Gasteiger partial charge in [-0.25, -0.2) is 0 Å². The Labute approximate surface area is 146 Å². The molecule has 0 spiro atoms. The van der Waals surface area contributed by atoms with E-state index >= 15 is 0 Å². The SMILES string of the molecule is CCCCCCCC1(C#N)c2ccccc2-c2ccccc21.CN. The van der Waals surface area contributed by atoms with Gasteiger partial charge in [0, 0.05) is 0 Å². The summed E-state index contributed by atoms with van der Waals surface area (Å²) in [6, 6.07) is 19.6. The van der Waals surface area contributed by atoms with Crippen LogP contribution in [0.1, 0.15) is 56.6 Å². The number of benzene rings is 2. The molecule has 0 fully saturated rings. The van der Waals surface area contributed by atoms with E-state index < -0.39 is 5.41 Å². The third kappa shape index (κ3) is 3.23. The number of nitriles is 1. The molecule has 0 aromatic heterocycles. The summed E-state index contributed by atoms with van der Waals surface area (Å²) in [7, 11) is 1.50. The number of fused-ring (bicyclic) bond motifs is 3. The summed E-state index contributed by atoms with van der Waals surface area (Å²) in [6.45, 7) is 2.24. The minimum absolute atomic E-state index is 0.445. The Morgan fingerprint density at radius 1 is 0.833 bits per heavy atom. The normalized spacial score (nSPS) is 13.2. The van der Waals surface area contributed by atoms with Crippen molar-refractivity contribution in [2.24, 2.45) is 5.73 Å².